The van der Waals surface area contributed by atoms with Crippen molar-refractivity contribution in [3.05, 3.63) is 103 Å². The van der Waals surface area contributed by atoms with E-state index in [1.54, 1.807) is 18.3 Å². The second-order valence-corrected chi connectivity index (χ2v) is 6.70. The number of nitrogens with one attached hydrogen (secondary N) is 1. The number of aliphatic hydroxyl groups is 1. The zero-order valence-electron chi connectivity index (χ0n) is 17.4. The SMILES string of the molecule is Nc1ccc(/N=N/c2ccccc2)c(N)n1.OC(CNc1ccccn1)c1ccccc1. The number of hydrogen-bond acceptors (Lipinski definition) is 8. The van der Waals surface area contributed by atoms with Gasteiger partial charge in [0.2, 0.25) is 0 Å². The molecule has 2 aromatic heterocycles. The van der Waals surface area contributed by atoms with Crippen molar-refractivity contribution < 1.29 is 5.11 Å². The Morgan fingerprint density at radius 3 is 2.16 bits per heavy atom. The summed E-state index contributed by atoms with van der Waals surface area (Å²) in [6, 6.07) is 27.9. The van der Waals surface area contributed by atoms with Crippen LogP contribution in [0.1, 0.15) is 11.7 Å². The molecule has 0 saturated carbocycles. The van der Waals surface area contributed by atoms with E-state index in [0.29, 0.717) is 18.1 Å². The number of rotatable bonds is 6. The summed E-state index contributed by atoms with van der Waals surface area (Å²) in [5, 5.41) is 21.0. The Kier molecular flexibility index (Phi) is 8.24. The largest absolute Gasteiger partial charge is 0.387 e. The molecule has 8 nitrogen and oxygen atoms in total. The summed E-state index contributed by atoms with van der Waals surface area (Å²) in [5.41, 5.74) is 13.3. The maximum atomic E-state index is 9.89. The third-order valence-corrected chi connectivity index (χ3v) is 4.28. The lowest BCUT2D eigenvalue weighted by Gasteiger charge is -2.12. The predicted molar refractivity (Wildman–Crippen MR) is 128 cm³/mol. The molecule has 0 aliphatic heterocycles. The lowest BCUT2D eigenvalue weighted by atomic mass is 10.1. The quantitative estimate of drug-likeness (QED) is 0.324. The molecule has 6 N–H and O–H groups in total. The number of anilines is 3. The van der Waals surface area contributed by atoms with E-state index in [9.17, 15) is 5.11 Å². The average molecular weight is 428 g/mol. The van der Waals surface area contributed by atoms with Crippen LogP contribution in [-0.2, 0) is 0 Å². The number of aliphatic hydroxyl groups excluding tert-OH is 1. The van der Waals surface area contributed by atoms with Gasteiger partial charge in [0.1, 0.15) is 17.3 Å². The lowest BCUT2D eigenvalue weighted by molar-refractivity contribution is 0.191. The molecule has 0 aliphatic rings. The standard InChI is InChI=1S/C13H14N2O.C11H11N5/c16-12(11-6-2-1-3-7-11)10-15-13-8-4-5-9-14-13;12-10-7-6-9(11(13)14-10)16-15-8-4-2-1-3-5-8/h1-9,12,16H,10H2,(H,14,15);1-7H,(H4,12,13,14)/b;16-15+. The van der Waals surface area contributed by atoms with Crippen LogP contribution >= 0.6 is 0 Å². The van der Waals surface area contributed by atoms with Crippen molar-refractivity contribution in [1.29, 1.82) is 0 Å². The highest BCUT2D eigenvalue weighted by molar-refractivity contribution is 5.60. The number of aromatic nitrogens is 2. The van der Waals surface area contributed by atoms with Gasteiger partial charge in [-0.2, -0.15) is 5.11 Å². The van der Waals surface area contributed by atoms with Gasteiger partial charge >= 0.3 is 0 Å². The highest BCUT2D eigenvalue weighted by Gasteiger charge is 2.06. The Morgan fingerprint density at radius 1 is 0.812 bits per heavy atom. The number of pyridine rings is 2. The fourth-order valence-corrected chi connectivity index (χ4v) is 2.64. The van der Waals surface area contributed by atoms with E-state index >= 15 is 0 Å². The topological polar surface area (TPSA) is 135 Å². The molecule has 0 fully saturated rings. The molecule has 0 saturated heterocycles. The van der Waals surface area contributed by atoms with Crippen LogP contribution in [0.2, 0.25) is 0 Å². The van der Waals surface area contributed by atoms with E-state index < -0.39 is 6.10 Å². The summed E-state index contributed by atoms with van der Waals surface area (Å²) >= 11 is 0. The van der Waals surface area contributed by atoms with Crippen molar-refractivity contribution in [1.82, 2.24) is 9.97 Å². The Hall–Kier alpha value is -4.30. The molecule has 8 heteroatoms. The van der Waals surface area contributed by atoms with Crippen LogP contribution in [0.15, 0.2) is 107 Å². The van der Waals surface area contributed by atoms with E-state index in [2.05, 4.69) is 25.5 Å². The second-order valence-electron chi connectivity index (χ2n) is 6.70. The zero-order valence-corrected chi connectivity index (χ0v) is 17.4. The first-order chi connectivity index (χ1) is 15.6. The highest BCUT2D eigenvalue weighted by atomic mass is 16.3. The molecule has 2 heterocycles. The van der Waals surface area contributed by atoms with Crippen LogP contribution in [-0.4, -0.2) is 21.6 Å². The van der Waals surface area contributed by atoms with E-state index in [0.717, 1.165) is 17.1 Å². The van der Waals surface area contributed by atoms with E-state index in [1.165, 1.54) is 0 Å². The molecule has 0 spiro atoms. The van der Waals surface area contributed by atoms with Crippen molar-refractivity contribution >= 4 is 28.8 Å². The van der Waals surface area contributed by atoms with Crippen LogP contribution in [0.5, 0.6) is 0 Å². The van der Waals surface area contributed by atoms with Gasteiger partial charge in [-0.3, -0.25) is 0 Å². The number of benzene rings is 2. The van der Waals surface area contributed by atoms with Crippen molar-refractivity contribution in [2.75, 3.05) is 23.3 Å². The summed E-state index contributed by atoms with van der Waals surface area (Å²) in [6.07, 6.45) is 1.21. The number of nitrogens with two attached hydrogens (primary N) is 2. The number of nitrogens with zero attached hydrogens (tertiary/aromatic N) is 4. The van der Waals surface area contributed by atoms with Gasteiger partial charge in [-0.25, -0.2) is 9.97 Å². The summed E-state index contributed by atoms with van der Waals surface area (Å²) in [4.78, 5) is 8.01. The van der Waals surface area contributed by atoms with Gasteiger partial charge in [0.05, 0.1) is 11.8 Å². The number of nitrogen functional groups attached to an aromatic ring is 2. The van der Waals surface area contributed by atoms with E-state index in [1.807, 2.05) is 78.9 Å². The second kappa shape index (κ2) is 11.8. The summed E-state index contributed by atoms with van der Waals surface area (Å²) < 4.78 is 0. The van der Waals surface area contributed by atoms with Crippen LogP contribution in [0.3, 0.4) is 0 Å². The third-order valence-electron chi connectivity index (χ3n) is 4.28. The molecule has 162 valence electrons. The molecule has 2 aromatic carbocycles. The fourth-order valence-electron chi connectivity index (χ4n) is 2.64. The molecular formula is C24H25N7O. The van der Waals surface area contributed by atoms with Gasteiger partial charge in [0, 0.05) is 12.7 Å². The van der Waals surface area contributed by atoms with Crippen molar-refractivity contribution in [3.63, 3.8) is 0 Å². The molecule has 0 aliphatic carbocycles. The Balaban J connectivity index is 0.000000181. The summed E-state index contributed by atoms with van der Waals surface area (Å²) in [7, 11) is 0. The van der Waals surface area contributed by atoms with Gasteiger partial charge < -0.3 is 21.9 Å². The van der Waals surface area contributed by atoms with Crippen LogP contribution in [0.25, 0.3) is 0 Å². The fraction of sp³-hybridized carbons (Fsp3) is 0.0833. The van der Waals surface area contributed by atoms with Gasteiger partial charge in [0.15, 0.2) is 5.82 Å². The summed E-state index contributed by atoms with van der Waals surface area (Å²) in [5.74, 6) is 1.42. The van der Waals surface area contributed by atoms with Gasteiger partial charge in [0.25, 0.3) is 0 Å². The van der Waals surface area contributed by atoms with Gasteiger partial charge in [-0.05, 0) is 42.0 Å². The molecule has 0 bridgehead atoms. The zero-order chi connectivity index (χ0) is 22.6. The molecule has 0 amide bonds. The maximum Gasteiger partial charge on any atom is 0.153 e. The van der Waals surface area contributed by atoms with Crippen LogP contribution < -0.4 is 16.8 Å². The van der Waals surface area contributed by atoms with Gasteiger partial charge in [-0.15, -0.1) is 5.11 Å². The Labute approximate surface area is 186 Å². The number of hydrogen-bond donors (Lipinski definition) is 4. The monoisotopic (exact) mass is 427 g/mol. The number of azo groups is 1. The summed E-state index contributed by atoms with van der Waals surface area (Å²) in [6.45, 7) is 0.459. The molecule has 0 radical (unpaired) electrons. The first-order valence-corrected chi connectivity index (χ1v) is 9.98. The minimum atomic E-state index is -0.511. The smallest absolute Gasteiger partial charge is 0.153 e. The van der Waals surface area contributed by atoms with Gasteiger partial charge in [-0.1, -0.05) is 54.6 Å². The van der Waals surface area contributed by atoms with E-state index in [4.69, 9.17) is 11.5 Å². The van der Waals surface area contributed by atoms with Crippen molar-refractivity contribution in [3.8, 4) is 0 Å². The first-order valence-electron chi connectivity index (χ1n) is 9.98. The minimum absolute atomic E-state index is 0.277. The molecule has 4 rings (SSSR count). The lowest BCUT2D eigenvalue weighted by Crippen LogP contribution is -2.12. The average Bonchev–Trinajstić information content (AvgIpc) is 2.84. The minimum Gasteiger partial charge on any atom is -0.387 e. The molecule has 32 heavy (non-hydrogen) atoms. The normalized spacial score (nSPS) is 11.4. The van der Waals surface area contributed by atoms with Crippen molar-refractivity contribution in [2.45, 2.75) is 6.10 Å². The molecule has 1 atom stereocenters. The van der Waals surface area contributed by atoms with E-state index in [-0.39, 0.29) is 5.82 Å². The molecule has 1 unspecified atom stereocenters. The Morgan fingerprint density at radius 2 is 1.50 bits per heavy atom. The third kappa shape index (κ3) is 7.19. The Bertz CT molecular complexity index is 1110. The molecule has 4 aromatic rings. The van der Waals surface area contributed by atoms with Crippen LogP contribution in [0, 0.1) is 0 Å². The molecular weight excluding hydrogens is 402 g/mol. The van der Waals surface area contributed by atoms with Crippen LogP contribution in [0.4, 0.5) is 28.8 Å². The first kappa shape index (κ1) is 22.4. The predicted octanol–water partition coefficient (Wildman–Crippen LogP) is 4.89. The maximum absolute atomic E-state index is 9.89. The highest BCUT2D eigenvalue weighted by Crippen LogP contribution is 2.23. The van der Waals surface area contributed by atoms with Crippen molar-refractivity contribution in [2.24, 2.45) is 10.2 Å².